The van der Waals surface area contributed by atoms with Crippen molar-refractivity contribution in [2.45, 2.75) is 0 Å². The number of nitrogens with zero attached hydrogens (tertiary/aromatic N) is 3. The number of pyridine rings is 1. The number of anilines is 2. The highest BCUT2D eigenvalue weighted by atomic mass is 16.1. The lowest BCUT2D eigenvalue weighted by atomic mass is 10.3. The summed E-state index contributed by atoms with van der Waals surface area (Å²) in [6.07, 6.45) is 4.58. The highest BCUT2D eigenvalue weighted by Crippen LogP contribution is 2.16. The lowest BCUT2D eigenvalue weighted by Gasteiger charge is -2.05. The third-order valence-electron chi connectivity index (χ3n) is 2.12. The fraction of sp³-hybridized carbons (Fsp3) is 0.100. The fourth-order valence-corrected chi connectivity index (χ4v) is 1.28. The molecule has 2 rings (SSSR count). The minimum absolute atomic E-state index is 0.261. The maximum Gasteiger partial charge on any atom is 0.258 e. The van der Waals surface area contributed by atoms with Gasteiger partial charge < -0.3 is 11.1 Å². The molecular weight excluding hydrogens is 206 g/mol. The van der Waals surface area contributed by atoms with E-state index in [-0.39, 0.29) is 5.91 Å². The van der Waals surface area contributed by atoms with E-state index in [0.717, 1.165) is 0 Å². The average Bonchev–Trinajstić information content (AvgIpc) is 2.62. The summed E-state index contributed by atoms with van der Waals surface area (Å²) in [5.41, 5.74) is 6.56. The van der Waals surface area contributed by atoms with Crippen LogP contribution in [0.5, 0.6) is 0 Å². The van der Waals surface area contributed by atoms with E-state index in [9.17, 15) is 4.79 Å². The van der Waals surface area contributed by atoms with Crippen LogP contribution in [0.4, 0.5) is 11.5 Å². The van der Waals surface area contributed by atoms with E-state index < -0.39 is 0 Å². The second kappa shape index (κ2) is 4.01. The van der Waals surface area contributed by atoms with E-state index >= 15 is 0 Å². The van der Waals surface area contributed by atoms with Crippen LogP contribution in [0.1, 0.15) is 10.4 Å². The van der Waals surface area contributed by atoms with Crippen molar-refractivity contribution < 1.29 is 4.79 Å². The predicted molar refractivity (Wildman–Crippen MR) is 59.8 cm³/mol. The Morgan fingerprint density at radius 2 is 2.31 bits per heavy atom. The van der Waals surface area contributed by atoms with Crippen LogP contribution in [0, 0.1) is 0 Å². The normalized spacial score (nSPS) is 10.1. The van der Waals surface area contributed by atoms with Gasteiger partial charge in [0.2, 0.25) is 0 Å². The molecule has 2 aromatic rings. The van der Waals surface area contributed by atoms with Crippen LogP contribution in [0.15, 0.2) is 30.7 Å². The molecule has 6 nitrogen and oxygen atoms in total. The van der Waals surface area contributed by atoms with Gasteiger partial charge in [0, 0.05) is 19.4 Å². The number of carbonyl (C=O) groups is 1. The molecule has 0 atom stereocenters. The van der Waals surface area contributed by atoms with E-state index in [2.05, 4.69) is 15.4 Å². The topological polar surface area (TPSA) is 85.8 Å². The lowest BCUT2D eigenvalue weighted by Crippen LogP contribution is -2.15. The molecule has 0 bridgehead atoms. The van der Waals surface area contributed by atoms with Crippen LogP contribution in [-0.2, 0) is 7.05 Å². The van der Waals surface area contributed by atoms with Gasteiger partial charge >= 0.3 is 0 Å². The molecule has 0 aliphatic carbocycles. The molecule has 0 fully saturated rings. The Balaban J connectivity index is 2.21. The Morgan fingerprint density at radius 1 is 1.50 bits per heavy atom. The largest absolute Gasteiger partial charge is 0.394 e. The molecule has 16 heavy (non-hydrogen) atoms. The van der Waals surface area contributed by atoms with E-state index in [0.29, 0.717) is 17.1 Å². The van der Waals surface area contributed by atoms with Crippen molar-refractivity contribution in [3.8, 4) is 0 Å². The smallest absolute Gasteiger partial charge is 0.258 e. The molecule has 1 amide bonds. The van der Waals surface area contributed by atoms with Gasteiger partial charge in [-0.2, -0.15) is 5.10 Å². The molecule has 0 unspecified atom stereocenters. The number of nitrogen functional groups attached to an aromatic ring is 1. The third kappa shape index (κ3) is 1.85. The van der Waals surface area contributed by atoms with Gasteiger partial charge in [-0.15, -0.1) is 0 Å². The first kappa shape index (κ1) is 10.2. The number of aryl methyl sites for hydroxylation is 1. The Labute approximate surface area is 92.1 Å². The number of hydrogen-bond acceptors (Lipinski definition) is 4. The zero-order valence-corrected chi connectivity index (χ0v) is 8.71. The zero-order valence-electron chi connectivity index (χ0n) is 8.71. The molecule has 0 saturated carbocycles. The van der Waals surface area contributed by atoms with E-state index in [1.165, 1.54) is 17.1 Å². The van der Waals surface area contributed by atoms with Crippen molar-refractivity contribution in [2.75, 3.05) is 11.1 Å². The van der Waals surface area contributed by atoms with E-state index in [1.807, 2.05) is 0 Å². The quantitative estimate of drug-likeness (QED) is 0.773. The van der Waals surface area contributed by atoms with Gasteiger partial charge in [-0.25, -0.2) is 0 Å². The molecule has 0 saturated heterocycles. The summed E-state index contributed by atoms with van der Waals surface area (Å²) in [6.45, 7) is 0. The number of nitrogens with one attached hydrogen (secondary N) is 1. The van der Waals surface area contributed by atoms with Crippen LogP contribution < -0.4 is 11.1 Å². The van der Waals surface area contributed by atoms with Gasteiger partial charge in [0.1, 0.15) is 0 Å². The van der Waals surface area contributed by atoms with Gasteiger partial charge in [-0.05, 0) is 12.1 Å². The molecule has 6 heteroatoms. The number of amides is 1. The Bertz CT molecular complexity index is 486. The zero-order chi connectivity index (χ0) is 11.5. The van der Waals surface area contributed by atoms with Crippen LogP contribution >= 0.6 is 0 Å². The summed E-state index contributed by atoms with van der Waals surface area (Å²) in [4.78, 5) is 15.6. The highest BCUT2D eigenvalue weighted by molar-refractivity contribution is 6.04. The molecule has 2 aromatic heterocycles. The Morgan fingerprint density at radius 3 is 2.88 bits per heavy atom. The van der Waals surface area contributed by atoms with E-state index in [4.69, 9.17) is 5.73 Å². The van der Waals surface area contributed by atoms with Crippen molar-refractivity contribution in [2.24, 2.45) is 7.05 Å². The fourth-order valence-electron chi connectivity index (χ4n) is 1.28. The van der Waals surface area contributed by atoms with Crippen LogP contribution in [-0.4, -0.2) is 20.7 Å². The van der Waals surface area contributed by atoms with Crippen LogP contribution in [0.2, 0.25) is 0 Å². The molecule has 2 heterocycles. The van der Waals surface area contributed by atoms with Gasteiger partial charge in [-0.1, -0.05) is 0 Å². The summed E-state index contributed by atoms with van der Waals surface area (Å²) in [5.74, 6) is 0.220. The second-order valence-corrected chi connectivity index (χ2v) is 3.27. The second-order valence-electron chi connectivity index (χ2n) is 3.27. The first-order chi connectivity index (χ1) is 7.68. The number of rotatable bonds is 2. The summed E-state index contributed by atoms with van der Waals surface area (Å²) in [7, 11) is 1.70. The van der Waals surface area contributed by atoms with Gasteiger partial charge in [0.15, 0.2) is 5.82 Å². The monoisotopic (exact) mass is 217 g/mol. The molecule has 0 aliphatic heterocycles. The Kier molecular flexibility index (Phi) is 2.55. The molecule has 3 N–H and O–H groups in total. The third-order valence-corrected chi connectivity index (χ3v) is 2.12. The van der Waals surface area contributed by atoms with Crippen molar-refractivity contribution in [3.05, 3.63) is 36.3 Å². The summed E-state index contributed by atoms with van der Waals surface area (Å²) in [5, 5.41) is 6.60. The molecule has 0 aliphatic rings. The number of aromatic nitrogens is 3. The molecule has 0 radical (unpaired) electrons. The Hall–Kier alpha value is -2.37. The first-order valence-electron chi connectivity index (χ1n) is 4.67. The van der Waals surface area contributed by atoms with Crippen LogP contribution in [0.3, 0.4) is 0 Å². The highest BCUT2D eigenvalue weighted by Gasteiger charge is 2.10. The molecule has 0 aromatic carbocycles. The predicted octanol–water partition coefficient (Wildman–Crippen LogP) is 0.650. The maximum absolute atomic E-state index is 11.8. The average molecular weight is 217 g/mol. The number of nitrogens with two attached hydrogens (primary N) is 1. The van der Waals surface area contributed by atoms with Crippen molar-refractivity contribution in [1.29, 1.82) is 0 Å². The summed E-state index contributed by atoms with van der Waals surface area (Å²) < 4.78 is 1.50. The van der Waals surface area contributed by atoms with Crippen molar-refractivity contribution in [1.82, 2.24) is 14.8 Å². The SMILES string of the molecule is Cn1ncc(N)c1NC(=O)c1cccnc1. The van der Waals surface area contributed by atoms with Crippen molar-refractivity contribution in [3.63, 3.8) is 0 Å². The minimum Gasteiger partial charge on any atom is -0.394 e. The molecular formula is C10H11N5O. The standard InChI is InChI=1S/C10H11N5O/c1-15-9(8(11)6-13-15)14-10(16)7-3-2-4-12-5-7/h2-6H,11H2,1H3,(H,14,16). The molecule has 0 spiro atoms. The van der Waals surface area contributed by atoms with Crippen LogP contribution in [0.25, 0.3) is 0 Å². The van der Waals surface area contributed by atoms with Crippen molar-refractivity contribution >= 4 is 17.4 Å². The van der Waals surface area contributed by atoms with Gasteiger partial charge in [0.25, 0.3) is 5.91 Å². The molecule has 82 valence electrons. The number of carbonyl (C=O) groups excluding carboxylic acids is 1. The van der Waals surface area contributed by atoms with E-state index in [1.54, 1.807) is 25.4 Å². The number of hydrogen-bond donors (Lipinski definition) is 2. The summed E-state index contributed by atoms with van der Waals surface area (Å²) >= 11 is 0. The van der Waals surface area contributed by atoms with Gasteiger partial charge in [0.05, 0.1) is 17.4 Å². The first-order valence-corrected chi connectivity index (χ1v) is 4.67. The minimum atomic E-state index is -0.261. The maximum atomic E-state index is 11.8. The lowest BCUT2D eigenvalue weighted by molar-refractivity contribution is 0.102. The van der Waals surface area contributed by atoms with Gasteiger partial charge in [-0.3, -0.25) is 14.5 Å². The summed E-state index contributed by atoms with van der Waals surface area (Å²) in [6, 6.07) is 3.37.